The van der Waals surface area contributed by atoms with Gasteiger partial charge in [0.2, 0.25) is 0 Å². The monoisotopic (exact) mass is 336 g/mol. The summed E-state index contributed by atoms with van der Waals surface area (Å²) in [6.07, 6.45) is -0.423. The second-order valence-corrected chi connectivity index (χ2v) is 6.58. The molecule has 0 heterocycles. The fourth-order valence-corrected chi connectivity index (χ4v) is 3.05. The van der Waals surface area contributed by atoms with Gasteiger partial charge in [0.1, 0.15) is 0 Å². The molecule has 1 N–H and O–H groups in total. The molecular formula is C16H17BrOS. The predicted molar refractivity (Wildman–Crippen MR) is 85.7 cm³/mol. The Hall–Kier alpha value is -0.770. The number of rotatable bonds is 4. The Morgan fingerprint density at radius 3 is 2.47 bits per heavy atom. The minimum atomic E-state index is -0.423. The minimum absolute atomic E-state index is 0.423. The van der Waals surface area contributed by atoms with Crippen LogP contribution in [0.1, 0.15) is 22.8 Å². The number of halogens is 1. The summed E-state index contributed by atoms with van der Waals surface area (Å²) in [6.45, 7) is 4.14. The summed E-state index contributed by atoms with van der Waals surface area (Å²) < 4.78 is 1.08. The molecule has 19 heavy (non-hydrogen) atoms. The second-order valence-electron chi connectivity index (χ2n) is 4.57. The van der Waals surface area contributed by atoms with Crippen LogP contribution >= 0.6 is 27.7 Å². The highest BCUT2D eigenvalue weighted by molar-refractivity contribution is 9.10. The molecule has 0 amide bonds. The van der Waals surface area contributed by atoms with Gasteiger partial charge in [-0.25, -0.2) is 0 Å². The van der Waals surface area contributed by atoms with Crippen molar-refractivity contribution in [1.29, 1.82) is 0 Å². The zero-order chi connectivity index (χ0) is 13.8. The van der Waals surface area contributed by atoms with Crippen LogP contribution in [0.25, 0.3) is 0 Å². The van der Waals surface area contributed by atoms with Gasteiger partial charge in [-0.05, 0) is 54.8 Å². The Balaban J connectivity index is 2.03. The molecule has 0 spiro atoms. The number of aryl methyl sites for hydroxylation is 1. The molecular weight excluding hydrogens is 320 g/mol. The maximum atomic E-state index is 10.3. The van der Waals surface area contributed by atoms with Crippen LogP contribution in [0.2, 0.25) is 0 Å². The summed E-state index contributed by atoms with van der Waals surface area (Å²) in [7, 11) is 0. The van der Waals surface area contributed by atoms with E-state index in [0.29, 0.717) is 5.75 Å². The lowest BCUT2D eigenvalue weighted by Crippen LogP contribution is -2.03. The van der Waals surface area contributed by atoms with E-state index < -0.39 is 6.10 Å². The van der Waals surface area contributed by atoms with Crippen molar-refractivity contribution in [3.8, 4) is 0 Å². The van der Waals surface area contributed by atoms with Gasteiger partial charge in [0.25, 0.3) is 0 Å². The molecule has 100 valence electrons. The average molecular weight is 337 g/mol. The molecule has 0 fully saturated rings. The van der Waals surface area contributed by atoms with E-state index in [9.17, 15) is 5.11 Å². The van der Waals surface area contributed by atoms with Crippen molar-refractivity contribution in [2.45, 2.75) is 24.8 Å². The summed E-state index contributed by atoms with van der Waals surface area (Å²) >= 11 is 5.10. The van der Waals surface area contributed by atoms with Gasteiger partial charge in [-0.15, -0.1) is 11.8 Å². The first-order valence-electron chi connectivity index (χ1n) is 6.20. The lowest BCUT2D eigenvalue weighted by atomic mass is 10.0. The van der Waals surface area contributed by atoms with Gasteiger partial charge in [-0.2, -0.15) is 0 Å². The normalized spacial score (nSPS) is 12.4. The highest BCUT2D eigenvalue weighted by atomic mass is 79.9. The maximum absolute atomic E-state index is 10.3. The van der Waals surface area contributed by atoms with E-state index in [1.54, 1.807) is 11.8 Å². The Labute approximate surface area is 127 Å². The van der Waals surface area contributed by atoms with Crippen LogP contribution < -0.4 is 0 Å². The largest absolute Gasteiger partial charge is 0.388 e. The van der Waals surface area contributed by atoms with Crippen molar-refractivity contribution in [3.05, 3.63) is 63.6 Å². The maximum Gasteiger partial charge on any atom is 0.0886 e. The lowest BCUT2D eigenvalue weighted by molar-refractivity contribution is 0.203. The molecule has 2 aromatic carbocycles. The number of aliphatic hydroxyl groups is 1. The summed E-state index contributed by atoms with van der Waals surface area (Å²) in [5.74, 6) is 0.673. The molecule has 3 heteroatoms. The number of aliphatic hydroxyl groups excluding tert-OH is 1. The molecule has 0 aliphatic heterocycles. The Morgan fingerprint density at radius 1 is 1.11 bits per heavy atom. The molecule has 1 unspecified atom stereocenters. The third-order valence-electron chi connectivity index (χ3n) is 3.23. The van der Waals surface area contributed by atoms with Crippen LogP contribution in [0.4, 0.5) is 0 Å². The summed E-state index contributed by atoms with van der Waals surface area (Å²) in [5.41, 5.74) is 3.45. The highest BCUT2D eigenvalue weighted by Gasteiger charge is 2.11. The predicted octanol–water partition coefficient (Wildman–Crippen LogP) is 4.89. The van der Waals surface area contributed by atoms with E-state index in [2.05, 4.69) is 48.0 Å². The zero-order valence-corrected chi connectivity index (χ0v) is 13.5. The molecule has 1 nitrogen and oxygen atoms in total. The molecule has 0 bridgehead atoms. The Kier molecular flexibility index (Phi) is 5.08. The first-order chi connectivity index (χ1) is 9.08. The molecule has 0 aromatic heterocycles. The van der Waals surface area contributed by atoms with Gasteiger partial charge in [0.05, 0.1) is 6.10 Å². The summed E-state index contributed by atoms with van der Waals surface area (Å²) in [6, 6.07) is 14.3. The zero-order valence-electron chi connectivity index (χ0n) is 11.1. The molecule has 1 atom stereocenters. The first kappa shape index (κ1) is 14.6. The Bertz CT molecular complexity index is 551. The van der Waals surface area contributed by atoms with Crippen LogP contribution in [-0.4, -0.2) is 10.9 Å². The smallest absolute Gasteiger partial charge is 0.0886 e. The molecule has 0 saturated carbocycles. The van der Waals surface area contributed by atoms with E-state index in [0.717, 1.165) is 10.0 Å². The van der Waals surface area contributed by atoms with Gasteiger partial charge < -0.3 is 5.11 Å². The fourth-order valence-electron chi connectivity index (χ4n) is 1.93. The summed E-state index contributed by atoms with van der Waals surface area (Å²) in [4.78, 5) is 1.17. The van der Waals surface area contributed by atoms with Crippen molar-refractivity contribution in [2.24, 2.45) is 0 Å². The quantitative estimate of drug-likeness (QED) is 0.802. The topological polar surface area (TPSA) is 20.2 Å². The van der Waals surface area contributed by atoms with Gasteiger partial charge in [-0.1, -0.05) is 34.1 Å². The third kappa shape index (κ3) is 3.85. The van der Waals surface area contributed by atoms with E-state index in [1.165, 1.54) is 16.0 Å². The SMILES string of the molecule is Cc1cccc(C(O)CSc2ccc(Br)cc2)c1C. The van der Waals surface area contributed by atoms with Crippen LogP contribution in [0.5, 0.6) is 0 Å². The highest BCUT2D eigenvalue weighted by Crippen LogP contribution is 2.28. The van der Waals surface area contributed by atoms with Crippen molar-refractivity contribution >= 4 is 27.7 Å². The standard InChI is InChI=1S/C16H17BrOS/c1-11-4-3-5-15(12(11)2)16(18)10-19-14-8-6-13(17)7-9-14/h3-9,16,18H,10H2,1-2H3. The number of thioether (sulfide) groups is 1. The minimum Gasteiger partial charge on any atom is -0.388 e. The number of hydrogen-bond acceptors (Lipinski definition) is 2. The van der Waals surface area contributed by atoms with Crippen molar-refractivity contribution in [1.82, 2.24) is 0 Å². The van der Waals surface area contributed by atoms with Crippen molar-refractivity contribution < 1.29 is 5.11 Å². The van der Waals surface area contributed by atoms with E-state index >= 15 is 0 Å². The average Bonchev–Trinajstić information content (AvgIpc) is 2.41. The molecule has 0 radical (unpaired) electrons. The molecule has 0 aliphatic rings. The lowest BCUT2D eigenvalue weighted by Gasteiger charge is -2.15. The van der Waals surface area contributed by atoms with Crippen LogP contribution in [0, 0.1) is 13.8 Å². The third-order valence-corrected chi connectivity index (χ3v) is 4.84. The van der Waals surface area contributed by atoms with Crippen molar-refractivity contribution in [3.63, 3.8) is 0 Å². The molecule has 0 saturated heterocycles. The van der Waals surface area contributed by atoms with Gasteiger partial charge >= 0.3 is 0 Å². The van der Waals surface area contributed by atoms with Crippen LogP contribution in [0.15, 0.2) is 51.8 Å². The molecule has 2 aromatic rings. The fraction of sp³-hybridized carbons (Fsp3) is 0.250. The van der Waals surface area contributed by atoms with Crippen LogP contribution in [-0.2, 0) is 0 Å². The van der Waals surface area contributed by atoms with Gasteiger partial charge in [0.15, 0.2) is 0 Å². The first-order valence-corrected chi connectivity index (χ1v) is 7.98. The van der Waals surface area contributed by atoms with Gasteiger partial charge in [-0.3, -0.25) is 0 Å². The number of hydrogen-bond donors (Lipinski definition) is 1. The van der Waals surface area contributed by atoms with E-state index in [-0.39, 0.29) is 0 Å². The van der Waals surface area contributed by atoms with Gasteiger partial charge in [0, 0.05) is 15.1 Å². The molecule has 2 rings (SSSR count). The summed E-state index contributed by atoms with van der Waals surface area (Å²) in [5, 5.41) is 10.3. The second kappa shape index (κ2) is 6.60. The Morgan fingerprint density at radius 2 is 1.79 bits per heavy atom. The van der Waals surface area contributed by atoms with Crippen LogP contribution in [0.3, 0.4) is 0 Å². The van der Waals surface area contributed by atoms with Crippen molar-refractivity contribution in [2.75, 3.05) is 5.75 Å². The van der Waals surface area contributed by atoms with E-state index in [4.69, 9.17) is 0 Å². The molecule has 0 aliphatic carbocycles. The number of benzene rings is 2. The van der Waals surface area contributed by atoms with E-state index in [1.807, 2.05) is 24.3 Å².